The molecule has 0 aromatic rings. The van der Waals surface area contributed by atoms with E-state index in [2.05, 4.69) is 6.92 Å². The Labute approximate surface area is 165 Å². The van der Waals surface area contributed by atoms with Crippen molar-refractivity contribution in [3.63, 3.8) is 0 Å². The molecule has 5 heteroatoms. The molecular formula is C18H39NaO4. The van der Waals surface area contributed by atoms with Crippen molar-refractivity contribution in [2.24, 2.45) is 0 Å². The van der Waals surface area contributed by atoms with E-state index in [4.69, 9.17) is 14.9 Å². The molecule has 0 rings (SSSR count). The minimum atomic E-state index is -0.155. The molecule has 0 saturated carbocycles. The van der Waals surface area contributed by atoms with E-state index in [-0.39, 0.29) is 48.7 Å². The van der Waals surface area contributed by atoms with Crippen molar-refractivity contribution in [2.45, 2.75) is 90.9 Å². The van der Waals surface area contributed by atoms with Gasteiger partial charge in [0.1, 0.15) is 0 Å². The van der Waals surface area contributed by atoms with Crippen LogP contribution in [0.4, 0.5) is 0 Å². The number of carbonyl (C=O) groups is 1. The molecule has 0 aromatic heterocycles. The fourth-order valence-corrected chi connectivity index (χ4v) is 2.16. The second kappa shape index (κ2) is 27.2. The zero-order valence-electron chi connectivity index (χ0n) is 14.8. The van der Waals surface area contributed by atoms with Gasteiger partial charge < -0.3 is 14.9 Å². The Hall–Kier alpha value is 0.390. The molecule has 0 aromatic carbocycles. The first-order valence-corrected chi connectivity index (χ1v) is 9.04. The Morgan fingerprint density at radius 2 is 1.09 bits per heavy atom. The summed E-state index contributed by atoms with van der Waals surface area (Å²) in [5.74, 6) is -0.155. The Morgan fingerprint density at radius 3 is 1.39 bits per heavy atom. The number of aliphatic hydroxyl groups is 2. The molecule has 0 amide bonds. The van der Waals surface area contributed by atoms with E-state index in [0.717, 1.165) is 6.42 Å². The monoisotopic (exact) mass is 342 g/mol. The van der Waals surface area contributed by atoms with E-state index in [1.807, 2.05) is 0 Å². The zero-order chi connectivity index (χ0) is 16.9. The summed E-state index contributed by atoms with van der Waals surface area (Å²) >= 11 is 0. The van der Waals surface area contributed by atoms with Gasteiger partial charge in [0.25, 0.3) is 0 Å². The molecule has 0 saturated heterocycles. The number of unbranched alkanes of at least 4 members (excludes halogenated alkanes) is 11. The van der Waals surface area contributed by atoms with Gasteiger partial charge in [-0.25, -0.2) is 0 Å². The molecule has 0 heterocycles. The van der Waals surface area contributed by atoms with Gasteiger partial charge in [-0.1, -0.05) is 77.6 Å². The minimum absolute atomic E-state index is 0. The predicted octanol–water partition coefficient (Wildman–Crippen LogP) is 3.57. The van der Waals surface area contributed by atoms with E-state index in [1.165, 1.54) is 77.6 Å². The van der Waals surface area contributed by atoms with E-state index in [1.54, 1.807) is 0 Å². The van der Waals surface area contributed by atoms with Crippen molar-refractivity contribution in [2.75, 3.05) is 19.8 Å². The average molecular weight is 342 g/mol. The van der Waals surface area contributed by atoms with E-state index in [9.17, 15) is 4.79 Å². The fourth-order valence-electron chi connectivity index (χ4n) is 2.16. The van der Waals surface area contributed by atoms with Crippen LogP contribution in [0.2, 0.25) is 0 Å². The Morgan fingerprint density at radius 1 is 0.739 bits per heavy atom. The Bertz CT molecular complexity index is 211. The van der Waals surface area contributed by atoms with Crippen LogP contribution in [0.15, 0.2) is 0 Å². The summed E-state index contributed by atoms with van der Waals surface area (Å²) in [5, 5.41) is 15.2. The van der Waals surface area contributed by atoms with Crippen LogP contribution in [0.25, 0.3) is 0 Å². The number of ether oxygens (including phenoxy) is 1. The van der Waals surface area contributed by atoms with Crippen molar-refractivity contribution in [1.82, 2.24) is 0 Å². The third kappa shape index (κ3) is 34.7. The van der Waals surface area contributed by atoms with Gasteiger partial charge in [0.05, 0.1) is 19.8 Å². The van der Waals surface area contributed by atoms with Crippen molar-refractivity contribution in [1.29, 1.82) is 0 Å². The van der Waals surface area contributed by atoms with Gasteiger partial charge in [-0.2, -0.15) is 0 Å². The second-order valence-electron chi connectivity index (χ2n) is 5.68. The van der Waals surface area contributed by atoms with Gasteiger partial charge in [0.2, 0.25) is 0 Å². The number of aliphatic hydroxyl groups excluding tert-OH is 2. The predicted molar refractivity (Wildman–Crippen MR) is 99.0 cm³/mol. The fraction of sp³-hybridized carbons (Fsp3) is 0.944. The van der Waals surface area contributed by atoms with Crippen LogP contribution in [0.5, 0.6) is 0 Å². The maximum atomic E-state index is 10.5. The van der Waals surface area contributed by atoms with Crippen LogP contribution < -0.4 is 0 Å². The summed E-state index contributed by atoms with van der Waals surface area (Å²) in [5.41, 5.74) is 0. The van der Waals surface area contributed by atoms with Gasteiger partial charge in [-0.05, 0) is 6.42 Å². The number of carbonyl (C=O) groups excluding carboxylic acids is 1. The third-order valence-electron chi connectivity index (χ3n) is 3.40. The first-order valence-electron chi connectivity index (χ1n) is 9.04. The average Bonchev–Trinajstić information content (AvgIpc) is 2.52. The van der Waals surface area contributed by atoms with E-state index < -0.39 is 0 Å². The topological polar surface area (TPSA) is 66.8 Å². The van der Waals surface area contributed by atoms with Crippen LogP contribution in [0.1, 0.15) is 90.9 Å². The molecule has 0 aliphatic heterocycles. The SMILES string of the molecule is CCCCCCCCCCCCCCOC(C)=O.OCCO.[NaH]. The Balaban J connectivity index is -0.000000712. The first kappa shape index (κ1) is 28.2. The molecule has 4 nitrogen and oxygen atoms in total. The molecule has 0 fully saturated rings. The maximum absolute atomic E-state index is 10.5. The third-order valence-corrected chi connectivity index (χ3v) is 3.40. The van der Waals surface area contributed by atoms with Crippen molar-refractivity contribution in [3.8, 4) is 0 Å². The van der Waals surface area contributed by atoms with Crippen LogP contribution in [-0.4, -0.2) is 65.6 Å². The molecule has 136 valence electrons. The van der Waals surface area contributed by atoms with Crippen molar-refractivity contribution >= 4 is 35.5 Å². The van der Waals surface area contributed by atoms with Gasteiger partial charge in [0, 0.05) is 6.92 Å². The van der Waals surface area contributed by atoms with Crippen LogP contribution in [0, 0.1) is 0 Å². The molecule has 0 atom stereocenters. The Kier molecular flexibility index (Phi) is 33.4. The molecule has 2 N–H and O–H groups in total. The summed E-state index contributed by atoms with van der Waals surface area (Å²) < 4.78 is 4.89. The molecule has 23 heavy (non-hydrogen) atoms. The molecule has 0 bridgehead atoms. The number of rotatable bonds is 14. The van der Waals surface area contributed by atoms with Gasteiger partial charge >= 0.3 is 35.5 Å². The molecule has 0 aliphatic carbocycles. The standard InChI is InChI=1S/C16H32O2.C2H6O2.Na.H/c1-3-4-5-6-7-8-9-10-11-12-13-14-15-18-16(2)17;3-1-2-4;;/h3-15H2,1-2H3;3-4H,1-2H2;;. The summed E-state index contributed by atoms with van der Waals surface area (Å²) in [7, 11) is 0. The van der Waals surface area contributed by atoms with Crippen molar-refractivity contribution in [3.05, 3.63) is 0 Å². The van der Waals surface area contributed by atoms with Crippen LogP contribution in [0.3, 0.4) is 0 Å². The van der Waals surface area contributed by atoms with Gasteiger partial charge in [-0.3, -0.25) is 4.79 Å². The second-order valence-corrected chi connectivity index (χ2v) is 5.68. The molecular weight excluding hydrogens is 303 g/mol. The summed E-state index contributed by atoms with van der Waals surface area (Å²) in [6.45, 7) is 4.09. The van der Waals surface area contributed by atoms with E-state index >= 15 is 0 Å². The first-order chi connectivity index (χ1) is 10.7. The number of hydrogen-bond acceptors (Lipinski definition) is 4. The summed E-state index contributed by atoms with van der Waals surface area (Å²) in [6, 6.07) is 0. The van der Waals surface area contributed by atoms with Gasteiger partial charge in [0.15, 0.2) is 0 Å². The normalized spacial score (nSPS) is 9.57. The molecule has 0 radical (unpaired) electrons. The van der Waals surface area contributed by atoms with Gasteiger partial charge in [-0.15, -0.1) is 0 Å². The van der Waals surface area contributed by atoms with Crippen LogP contribution >= 0.6 is 0 Å². The number of hydrogen-bond donors (Lipinski definition) is 2. The summed E-state index contributed by atoms with van der Waals surface area (Å²) in [4.78, 5) is 10.5. The zero-order valence-corrected chi connectivity index (χ0v) is 14.8. The number of esters is 1. The van der Waals surface area contributed by atoms with E-state index in [0.29, 0.717) is 6.61 Å². The van der Waals surface area contributed by atoms with Crippen LogP contribution in [-0.2, 0) is 9.53 Å². The molecule has 0 aliphatic rings. The molecule has 0 spiro atoms. The van der Waals surface area contributed by atoms with Crippen molar-refractivity contribution < 1.29 is 19.7 Å². The quantitative estimate of drug-likeness (QED) is 0.288. The molecule has 0 unspecified atom stereocenters. The summed E-state index contributed by atoms with van der Waals surface area (Å²) in [6.07, 6.45) is 16.1.